The van der Waals surface area contributed by atoms with Gasteiger partial charge >= 0.3 is 0 Å². The third-order valence-electron chi connectivity index (χ3n) is 6.66. The fourth-order valence-corrected chi connectivity index (χ4v) is 4.22. The maximum Gasteiger partial charge on any atom is -0.000894 e. The van der Waals surface area contributed by atoms with Crippen molar-refractivity contribution in [3.63, 3.8) is 0 Å². The number of hydrogen-bond acceptors (Lipinski definition) is 0. The average molecular weight is 254 g/mol. The van der Waals surface area contributed by atoms with Crippen molar-refractivity contribution in [3.05, 3.63) is 39.0 Å². The van der Waals surface area contributed by atoms with Gasteiger partial charge in [0.05, 0.1) is 0 Å². The van der Waals surface area contributed by atoms with E-state index in [0.717, 1.165) is 0 Å². The Morgan fingerprint density at radius 3 is 1.79 bits per heavy atom. The van der Waals surface area contributed by atoms with Crippen molar-refractivity contribution in [2.75, 3.05) is 0 Å². The van der Waals surface area contributed by atoms with Gasteiger partial charge in [-0.3, -0.25) is 0 Å². The first-order valence-electron chi connectivity index (χ1n) is 7.46. The molecule has 2 aliphatic rings. The highest BCUT2D eigenvalue weighted by atomic mass is 14.6. The summed E-state index contributed by atoms with van der Waals surface area (Å²) in [7, 11) is 0. The van der Waals surface area contributed by atoms with Gasteiger partial charge in [0.2, 0.25) is 0 Å². The predicted octanol–water partition coefficient (Wildman–Crippen LogP) is 5.30. The first-order valence-corrected chi connectivity index (χ1v) is 7.46. The van der Waals surface area contributed by atoms with E-state index in [0.29, 0.717) is 10.8 Å². The Bertz CT molecular complexity index is 637. The first kappa shape index (κ1) is 13.0. The van der Waals surface area contributed by atoms with E-state index >= 15 is 0 Å². The van der Waals surface area contributed by atoms with Gasteiger partial charge in [-0.1, -0.05) is 33.3 Å². The zero-order valence-electron chi connectivity index (χ0n) is 13.7. The fourth-order valence-electron chi connectivity index (χ4n) is 4.22. The van der Waals surface area contributed by atoms with E-state index in [-0.39, 0.29) is 0 Å². The third kappa shape index (κ3) is 1.21. The Labute approximate surface area is 117 Å². The van der Waals surface area contributed by atoms with Crippen LogP contribution in [-0.4, -0.2) is 0 Å². The largest absolute Gasteiger partial charge is 0.0553 e. The molecule has 1 aromatic carbocycles. The molecule has 0 heterocycles. The summed E-state index contributed by atoms with van der Waals surface area (Å²) in [6.45, 7) is 18.9. The molecule has 1 aromatic rings. The summed E-state index contributed by atoms with van der Waals surface area (Å²) in [5.41, 5.74) is 13.3. The molecule has 0 heteroatoms. The lowest BCUT2D eigenvalue weighted by molar-refractivity contribution is 0.184. The molecule has 0 radical (unpaired) electrons. The molecule has 0 atom stereocenters. The summed E-state index contributed by atoms with van der Waals surface area (Å²) < 4.78 is 0. The highest BCUT2D eigenvalue weighted by Gasteiger charge is 2.56. The van der Waals surface area contributed by atoms with Gasteiger partial charge in [-0.15, -0.1) is 0 Å². The van der Waals surface area contributed by atoms with Gasteiger partial charge in [0.15, 0.2) is 0 Å². The zero-order valence-corrected chi connectivity index (χ0v) is 13.7. The summed E-state index contributed by atoms with van der Waals surface area (Å²) in [6.07, 6.45) is 1.19. The highest BCUT2D eigenvalue weighted by Crippen LogP contribution is 2.68. The lowest BCUT2D eigenvalue weighted by Crippen LogP contribution is -2.44. The summed E-state index contributed by atoms with van der Waals surface area (Å²) >= 11 is 0. The van der Waals surface area contributed by atoms with Crippen LogP contribution >= 0.6 is 0 Å². The highest BCUT2D eigenvalue weighted by molar-refractivity contribution is 5.90. The molecule has 0 nitrogen and oxygen atoms in total. The maximum atomic E-state index is 2.42. The molecule has 0 fully saturated rings. The van der Waals surface area contributed by atoms with Gasteiger partial charge in [0.25, 0.3) is 0 Å². The molecule has 0 saturated heterocycles. The number of allylic oxidation sites excluding steroid dienone is 2. The first-order chi connectivity index (χ1) is 8.62. The van der Waals surface area contributed by atoms with E-state index in [9.17, 15) is 0 Å². The Balaban J connectivity index is 2.34. The third-order valence-corrected chi connectivity index (χ3v) is 6.66. The van der Waals surface area contributed by atoms with Gasteiger partial charge in [-0.25, -0.2) is 0 Å². The van der Waals surface area contributed by atoms with E-state index in [1.165, 1.54) is 28.7 Å². The molecular formula is C19H26. The lowest BCUT2D eigenvalue weighted by atomic mass is 9.49. The topological polar surface area (TPSA) is 0 Å². The van der Waals surface area contributed by atoms with Gasteiger partial charge in [-0.05, 0) is 83.9 Å². The van der Waals surface area contributed by atoms with E-state index in [1.54, 1.807) is 22.3 Å². The molecule has 3 rings (SSSR count). The van der Waals surface area contributed by atoms with Crippen molar-refractivity contribution in [2.24, 2.45) is 10.8 Å². The van der Waals surface area contributed by atoms with Gasteiger partial charge < -0.3 is 0 Å². The summed E-state index contributed by atoms with van der Waals surface area (Å²) in [5.74, 6) is 0. The van der Waals surface area contributed by atoms with Crippen LogP contribution in [0, 0.1) is 38.5 Å². The Morgan fingerprint density at radius 2 is 1.21 bits per heavy atom. The number of benzene rings is 1. The van der Waals surface area contributed by atoms with Crippen LogP contribution in [0.25, 0.3) is 5.57 Å². The van der Waals surface area contributed by atoms with Crippen LogP contribution in [0.15, 0.2) is 5.57 Å². The molecule has 0 saturated carbocycles. The normalized spacial score (nSPS) is 22.1. The molecule has 2 aliphatic carbocycles. The summed E-state index contributed by atoms with van der Waals surface area (Å²) in [6, 6.07) is 0. The second-order valence-corrected chi connectivity index (χ2v) is 7.63. The van der Waals surface area contributed by atoms with Crippen LogP contribution in [0.5, 0.6) is 0 Å². The summed E-state index contributed by atoms with van der Waals surface area (Å²) in [4.78, 5) is 0. The minimum absolute atomic E-state index is 0.312. The maximum absolute atomic E-state index is 2.42. The van der Waals surface area contributed by atoms with Gasteiger partial charge in [-0.2, -0.15) is 0 Å². The van der Waals surface area contributed by atoms with Crippen LogP contribution in [-0.2, 0) is 6.42 Å². The van der Waals surface area contributed by atoms with E-state index in [1.807, 2.05) is 0 Å². The second-order valence-electron chi connectivity index (χ2n) is 7.63. The van der Waals surface area contributed by atoms with Crippen molar-refractivity contribution in [1.82, 2.24) is 0 Å². The van der Waals surface area contributed by atoms with Gasteiger partial charge in [0.1, 0.15) is 0 Å². The van der Waals surface area contributed by atoms with Crippen molar-refractivity contribution in [1.29, 1.82) is 0 Å². The van der Waals surface area contributed by atoms with Crippen LogP contribution < -0.4 is 0 Å². The standard InChI is InChI=1S/C19H26/c1-10-11(2)13(4)16-14(12(10)3)9-15-17(16)19(7,8)18(15,5)6/h9H2,1-8H3. The minimum Gasteiger partial charge on any atom is -0.0553 e. The smallest absolute Gasteiger partial charge is 0.000894 e. The molecule has 19 heavy (non-hydrogen) atoms. The number of rotatable bonds is 0. The molecule has 0 N–H and O–H groups in total. The molecule has 0 amide bonds. The Hall–Kier alpha value is -1.04. The van der Waals surface area contributed by atoms with Crippen LogP contribution in [0.3, 0.4) is 0 Å². The predicted molar refractivity (Wildman–Crippen MR) is 83.6 cm³/mol. The Kier molecular flexibility index (Phi) is 2.28. The van der Waals surface area contributed by atoms with Crippen LogP contribution in [0.1, 0.15) is 61.1 Å². The monoisotopic (exact) mass is 254 g/mol. The molecule has 102 valence electrons. The number of hydrogen-bond donors (Lipinski definition) is 0. The average Bonchev–Trinajstić information content (AvgIpc) is 2.73. The Morgan fingerprint density at radius 1 is 0.684 bits per heavy atom. The van der Waals surface area contributed by atoms with Gasteiger partial charge in [0, 0.05) is 0 Å². The van der Waals surface area contributed by atoms with Crippen molar-refractivity contribution in [2.45, 2.75) is 61.8 Å². The van der Waals surface area contributed by atoms with Crippen LogP contribution in [0.4, 0.5) is 0 Å². The SMILES string of the molecule is Cc1c(C)c(C)c2c(c1C)CC1=C2C(C)(C)C1(C)C. The molecule has 0 aliphatic heterocycles. The van der Waals surface area contributed by atoms with Crippen LogP contribution in [0.2, 0.25) is 0 Å². The van der Waals surface area contributed by atoms with E-state index in [4.69, 9.17) is 0 Å². The van der Waals surface area contributed by atoms with E-state index < -0.39 is 0 Å². The van der Waals surface area contributed by atoms with E-state index in [2.05, 4.69) is 55.4 Å². The lowest BCUT2D eigenvalue weighted by Gasteiger charge is -2.54. The molecule has 0 bridgehead atoms. The molecule has 0 aromatic heterocycles. The molecule has 0 spiro atoms. The van der Waals surface area contributed by atoms with Crippen molar-refractivity contribution < 1.29 is 0 Å². The second kappa shape index (κ2) is 3.34. The van der Waals surface area contributed by atoms with Crippen molar-refractivity contribution >= 4 is 5.57 Å². The fraction of sp³-hybridized carbons (Fsp3) is 0.579. The molecule has 0 unspecified atom stereocenters. The summed E-state index contributed by atoms with van der Waals surface area (Å²) in [5, 5.41) is 0. The zero-order chi connectivity index (χ0) is 14.3. The minimum atomic E-state index is 0.312. The molecular weight excluding hydrogens is 228 g/mol. The number of fused-ring (bicyclic) bond motifs is 2. The quantitative estimate of drug-likeness (QED) is 0.589. The van der Waals surface area contributed by atoms with Crippen molar-refractivity contribution in [3.8, 4) is 0 Å².